The van der Waals surface area contributed by atoms with Crippen LogP contribution >= 0.6 is 35.3 Å². The molecule has 176 valence electrons. The molecule has 0 unspecified atom stereocenters. The van der Waals surface area contributed by atoms with E-state index in [1.54, 1.807) is 23.6 Å². The van der Waals surface area contributed by atoms with E-state index >= 15 is 0 Å². The zero-order chi connectivity index (χ0) is 24.0. The van der Waals surface area contributed by atoms with Crippen molar-refractivity contribution in [1.29, 1.82) is 0 Å². The number of aromatic nitrogens is 1. The molecule has 1 aromatic heterocycles. The van der Waals surface area contributed by atoms with E-state index in [4.69, 9.17) is 23.2 Å². The maximum absolute atomic E-state index is 10.9. The first kappa shape index (κ1) is 25.6. The Hall–Kier alpha value is -2.03. The van der Waals surface area contributed by atoms with Crippen molar-refractivity contribution in [3.05, 3.63) is 69.8 Å². The summed E-state index contributed by atoms with van der Waals surface area (Å²) in [6, 6.07) is 15.9. The largest absolute Gasteiger partial charge is 0.341 e. The van der Waals surface area contributed by atoms with Crippen LogP contribution < -0.4 is 10.0 Å². The van der Waals surface area contributed by atoms with Crippen LogP contribution in [0.1, 0.15) is 35.8 Å². The quantitative estimate of drug-likeness (QED) is 0.368. The van der Waals surface area contributed by atoms with Gasteiger partial charge >= 0.3 is 0 Å². The number of nitrogens with zero attached hydrogens (tertiary/aromatic N) is 2. The van der Waals surface area contributed by atoms with Crippen molar-refractivity contribution in [2.24, 2.45) is 7.05 Å². The Labute approximate surface area is 208 Å². The summed E-state index contributed by atoms with van der Waals surface area (Å²) >= 11 is 13.3. The minimum Gasteiger partial charge on any atom is -0.341 e. The molecule has 0 aliphatic carbocycles. The molecule has 0 atom stereocenters. The fraction of sp³-hybridized carbons (Fsp3) is 0.333. The third-order valence-electron chi connectivity index (χ3n) is 5.97. The minimum atomic E-state index is -0.00138. The summed E-state index contributed by atoms with van der Waals surface area (Å²) in [6.07, 6.45) is 2.88. The van der Waals surface area contributed by atoms with Crippen LogP contribution in [0.2, 0.25) is 10.0 Å². The Balaban J connectivity index is 0.000000194. The first-order valence-electron chi connectivity index (χ1n) is 10.6. The molecule has 9 heteroatoms. The van der Waals surface area contributed by atoms with Crippen LogP contribution in [0.15, 0.2) is 48.5 Å². The molecule has 0 spiro atoms. The van der Waals surface area contributed by atoms with E-state index in [0.717, 1.165) is 43.1 Å². The Morgan fingerprint density at radius 3 is 2.36 bits per heavy atom. The second-order valence-corrected chi connectivity index (χ2v) is 9.61. The average molecular weight is 507 g/mol. The van der Waals surface area contributed by atoms with Crippen LogP contribution in [0.25, 0.3) is 10.9 Å². The Morgan fingerprint density at radius 2 is 1.79 bits per heavy atom. The van der Waals surface area contributed by atoms with Gasteiger partial charge < -0.3 is 9.88 Å². The van der Waals surface area contributed by atoms with Crippen molar-refractivity contribution in [1.82, 2.24) is 18.9 Å². The second-order valence-electron chi connectivity index (χ2n) is 7.92. The van der Waals surface area contributed by atoms with Gasteiger partial charge in [0.2, 0.25) is 5.91 Å². The topological polar surface area (TPSA) is 66.4 Å². The number of carbonyl (C=O) groups excluding carboxylic acids is 2. The van der Waals surface area contributed by atoms with Crippen LogP contribution in [0.3, 0.4) is 0 Å². The number of rotatable bonds is 5. The van der Waals surface area contributed by atoms with Gasteiger partial charge in [-0.15, -0.1) is 0 Å². The van der Waals surface area contributed by atoms with Gasteiger partial charge in [0.25, 0.3) is 0 Å². The molecule has 33 heavy (non-hydrogen) atoms. The zero-order valence-corrected chi connectivity index (χ0v) is 21.2. The van der Waals surface area contributed by atoms with Gasteiger partial charge in [-0.2, -0.15) is 0 Å². The number of hydrogen-bond donors (Lipinski definition) is 2. The maximum atomic E-state index is 10.9. The van der Waals surface area contributed by atoms with Gasteiger partial charge in [0.1, 0.15) is 0 Å². The summed E-state index contributed by atoms with van der Waals surface area (Å²) in [5, 5.41) is 5.30. The van der Waals surface area contributed by atoms with E-state index in [-0.39, 0.29) is 11.4 Å². The molecule has 1 fully saturated rings. The molecule has 1 aliphatic heterocycles. The normalized spacial score (nSPS) is 15.5. The van der Waals surface area contributed by atoms with Crippen LogP contribution in [0, 0.1) is 0 Å². The van der Waals surface area contributed by atoms with Gasteiger partial charge in [-0.1, -0.05) is 53.5 Å². The number of benzene rings is 2. The molecule has 3 aromatic rings. The van der Waals surface area contributed by atoms with Gasteiger partial charge in [-0.3, -0.25) is 14.3 Å². The minimum absolute atomic E-state index is 0.00138. The lowest BCUT2D eigenvalue weighted by molar-refractivity contribution is -0.117. The molecule has 1 amide bonds. The molecular formula is C24H28Cl2N4O2S. The molecule has 1 saturated heterocycles. The highest BCUT2D eigenvalue weighted by atomic mass is 35.5. The zero-order valence-electron chi connectivity index (χ0n) is 18.9. The molecule has 6 nitrogen and oxygen atoms in total. The van der Waals surface area contributed by atoms with Crippen LogP contribution in [-0.4, -0.2) is 41.2 Å². The van der Waals surface area contributed by atoms with Crippen molar-refractivity contribution >= 4 is 58.4 Å². The molecule has 0 bridgehead atoms. The summed E-state index contributed by atoms with van der Waals surface area (Å²) in [7, 11) is 3.85. The first-order chi connectivity index (χ1) is 15.8. The number of fused-ring (bicyclic) bond motifs is 1. The van der Waals surface area contributed by atoms with E-state index < -0.39 is 0 Å². The van der Waals surface area contributed by atoms with Crippen molar-refractivity contribution < 1.29 is 9.59 Å². The molecule has 0 saturated carbocycles. The number of carbonyl (C=O) groups is 2. The van der Waals surface area contributed by atoms with E-state index in [1.165, 1.54) is 17.7 Å². The molecule has 1 aliphatic rings. The number of piperidine rings is 1. The fourth-order valence-corrected chi connectivity index (χ4v) is 5.01. The number of aldehydes is 1. The summed E-state index contributed by atoms with van der Waals surface area (Å²) < 4.78 is 6.77. The van der Waals surface area contributed by atoms with Crippen molar-refractivity contribution in [3.63, 3.8) is 0 Å². The van der Waals surface area contributed by atoms with E-state index in [0.29, 0.717) is 15.7 Å². The summed E-state index contributed by atoms with van der Waals surface area (Å²) in [5.41, 5.74) is 2.90. The van der Waals surface area contributed by atoms with E-state index in [9.17, 15) is 9.59 Å². The lowest BCUT2D eigenvalue weighted by Crippen LogP contribution is -2.48. The predicted molar refractivity (Wildman–Crippen MR) is 138 cm³/mol. The molecule has 2 N–H and O–H groups in total. The highest BCUT2D eigenvalue weighted by molar-refractivity contribution is 7.95. The Kier molecular flexibility index (Phi) is 8.84. The van der Waals surface area contributed by atoms with Gasteiger partial charge in [0.15, 0.2) is 6.29 Å². The number of aryl methyl sites for hydroxylation is 1. The Morgan fingerprint density at radius 1 is 1.12 bits per heavy atom. The summed E-state index contributed by atoms with van der Waals surface area (Å²) in [5.74, 6) is -0.00138. The SMILES string of the molecule is CNC1(c2ccccc2)CCN(SNC(C)=O)CC1.Cn1c(C=O)cc2c(Cl)c(Cl)ccc21. The predicted octanol–water partition coefficient (Wildman–Crippen LogP) is 5.19. The number of halogens is 2. The highest BCUT2D eigenvalue weighted by Gasteiger charge is 2.34. The molecule has 2 aromatic carbocycles. The van der Waals surface area contributed by atoms with Crippen molar-refractivity contribution in [2.75, 3.05) is 20.1 Å². The van der Waals surface area contributed by atoms with Gasteiger partial charge in [0, 0.05) is 55.6 Å². The van der Waals surface area contributed by atoms with Crippen LogP contribution in [0.5, 0.6) is 0 Å². The van der Waals surface area contributed by atoms with E-state index in [2.05, 4.69) is 44.7 Å². The number of hydrogen-bond acceptors (Lipinski definition) is 5. The average Bonchev–Trinajstić information content (AvgIpc) is 3.17. The Bertz CT molecular complexity index is 1110. The van der Waals surface area contributed by atoms with Gasteiger partial charge in [-0.25, -0.2) is 4.31 Å². The first-order valence-corrected chi connectivity index (χ1v) is 12.2. The van der Waals surface area contributed by atoms with Crippen molar-refractivity contribution in [2.45, 2.75) is 25.3 Å². The summed E-state index contributed by atoms with van der Waals surface area (Å²) in [6.45, 7) is 3.46. The highest BCUT2D eigenvalue weighted by Crippen LogP contribution is 2.34. The van der Waals surface area contributed by atoms with E-state index in [1.807, 2.05) is 20.2 Å². The lowest BCUT2D eigenvalue weighted by atomic mass is 9.82. The third-order valence-corrected chi connectivity index (χ3v) is 7.79. The molecule has 2 heterocycles. The van der Waals surface area contributed by atoms with Gasteiger partial charge in [0.05, 0.1) is 15.7 Å². The molecular weight excluding hydrogens is 479 g/mol. The lowest BCUT2D eigenvalue weighted by Gasteiger charge is -2.41. The van der Waals surface area contributed by atoms with Crippen LogP contribution in [0.4, 0.5) is 0 Å². The van der Waals surface area contributed by atoms with Crippen LogP contribution in [-0.2, 0) is 17.4 Å². The fourth-order valence-electron chi connectivity index (χ4n) is 4.01. The number of nitrogens with one attached hydrogen (secondary N) is 2. The van der Waals surface area contributed by atoms with Crippen molar-refractivity contribution in [3.8, 4) is 0 Å². The smallest absolute Gasteiger partial charge is 0.227 e. The standard InChI is InChI=1S/C14H21N3OS.C10H7Cl2NO/c1-12(18)16-19-17-10-8-14(15-2,9-11-17)13-6-4-3-5-7-13;1-13-6(5-14)4-7-9(13)3-2-8(11)10(7)12/h3-7,15H,8-11H2,1-2H3,(H,16,18);2-5H,1H3. The third kappa shape index (κ3) is 5.91. The molecule has 4 rings (SSSR count). The second kappa shape index (κ2) is 11.4. The monoisotopic (exact) mass is 506 g/mol. The summed E-state index contributed by atoms with van der Waals surface area (Å²) in [4.78, 5) is 21.6. The maximum Gasteiger partial charge on any atom is 0.227 e. The number of amides is 1. The van der Waals surface area contributed by atoms with Gasteiger partial charge in [-0.05, 0) is 43.7 Å². The molecule has 0 radical (unpaired) electrons.